The van der Waals surface area contributed by atoms with Crippen LogP contribution in [0.15, 0.2) is 24.3 Å². The summed E-state index contributed by atoms with van der Waals surface area (Å²) in [4.78, 5) is 3.25. The zero-order valence-electron chi connectivity index (χ0n) is 13.8. The number of rotatable bonds is 4. The second-order valence-electron chi connectivity index (χ2n) is 7.02. The Bertz CT molecular complexity index is 692. The Morgan fingerprint density at radius 1 is 1.17 bits per heavy atom. The molecule has 5 nitrogen and oxygen atoms in total. The molecular formula is C19H25NO4. The summed E-state index contributed by atoms with van der Waals surface area (Å²) in [7, 11) is 0. The minimum atomic E-state index is -0.678. The molecule has 1 aliphatic carbocycles. The monoisotopic (exact) mass is 331 g/mol. The number of nitrogens with one attached hydrogen (secondary N) is 1. The number of H-pyrrole nitrogens is 1. The summed E-state index contributed by atoms with van der Waals surface area (Å²) < 4.78 is 11.3. The van der Waals surface area contributed by atoms with E-state index < -0.39 is 18.5 Å². The van der Waals surface area contributed by atoms with E-state index in [0.29, 0.717) is 18.2 Å². The highest BCUT2D eigenvalue weighted by Crippen LogP contribution is 2.35. The molecule has 1 saturated heterocycles. The van der Waals surface area contributed by atoms with Gasteiger partial charge in [-0.15, -0.1) is 0 Å². The summed E-state index contributed by atoms with van der Waals surface area (Å²) >= 11 is 0. The van der Waals surface area contributed by atoms with Crippen LogP contribution >= 0.6 is 0 Å². The van der Waals surface area contributed by atoms with Crippen molar-refractivity contribution in [2.24, 2.45) is 0 Å². The topological polar surface area (TPSA) is 74.7 Å². The molecule has 3 atom stereocenters. The maximum absolute atomic E-state index is 9.78. The Morgan fingerprint density at radius 2 is 2.00 bits per heavy atom. The zero-order valence-corrected chi connectivity index (χ0v) is 13.8. The van der Waals surface area contributed by atoms with E-state index in [1.54, 1.807) is 0 Å². The lowest BCUT2D eigenvalue weighted by Crippen LogP contribution is -2.24. The van der Waals surface area contributed by atoms with Gasteiger partial charge in [0.25, 0.3) is 0 Å². The van der Waals surface area contributed by atoms with E-state index in [4.69, 9.17) is 14.6 Å². The number of fused-ring (bicyclic) bond motifs is 1. The highest BCUT2D eigenvalue weighted by Gasteiger charge is 2.35. The lowest BCUT2D eigenvalue weighted by Gasteiger charge is -2.21. The van der Waals surface area contributed by atoms with Gasteiger partial charge in [-0.3, -0.25) is 0 Å². The molecule has 130 valence electrons. The molecule has 2 aromatic rings. The van der Waals surface area contributed by atoms with Crippen molar-refractivity contribution in [3.63, 3.8) is 0 Å². The van der Waals surface area contributed by atoms with E-state index in [2.05, 4.69) is 23.2 Å². The van der Waals surface area contributed by atoms with E-state index >= 15 is 0 Å². The Hall–Kier alpha value is -1.56. The van der Waals surface area contributed by atoms with Crippen molar-refractivity contribution < 1.29 is 19.7 Å². The second kappa shape index (κ2) is 6.75. The van der Waals surface area contributed by atoms with Crippen molar-refractivity contribution >= 4 is 10.9 Å². The first-order chi connectivity index (χ1) is 11.7. The first kappa shape index (κ1) is 15.9. The molecule has 1 aromatic carbocycles. The lowest BCUT2D eigenvalue weighted by molar-refractivity contribution is -0.0945. The Kier molecular flexibility index (Phi) is 4.48. The molecule has 1 aliphatic heterocycles. The quantitative estimate of drug-likeness (QED) is 0.805. The average Bonchev–Trinajstić information content (AvgIpc) is 3.17. The molecule has 5 heteroatoms. The van der Waals surface area contributed by atoms with Crippen molar-refractivity contribution in [2.45, 2.75) is 62.9 Å². The van der Waals surface area contributed by atoms with Gasteiger partial charge in [-0.25, -0.2) is 0 Å². The van der Waals surface area contributed by atoms with Gasteiger partial charge in [0.2, 0.25) is 6.29 Å². The fourth-order valence-corrected chi connectivity index (χ4v) is 3.95. The van der Waals surface area contributed by atoms with E-state index in [1.165, 1.54) is 37.7 Å². The molecule has 0 radical (unpaired) electrons. The number of aromatic amines is 1. The lowest BCUT2D eigenvalue weighted by atomic mass is 9.84. The van der Waals surface area contributed by atoms with Crippen molar-refractivity contribution in [1.29, 1.82) is 0 Å². The van der Waals surface area contributed by atoms with Crippen LogP contribution in [-0.4, -0.2) is 40.3 Å². The number of hydrogen-bond donors (Lipinski definition) is 3. The molecule has 3 N–H and O–H groups in total. The number of aliphatic hydroxyl groups excluding tert-OH is 2. The molecule has 24 heavy (non-hydrogen) atoms. The molecule has 0 bridgehead atoms. The normalized spacial score (nSPS) is 28.5. The number of aromatic nitrogens is 1. The summed E-state index contributed by atoms with van der Waals surface area (Å²) in [6.07, 6.45) is 5.21. The third kappa shape index (κ3) is 3.16. The molecule has 1 saturated carbocycles. The fourth-order valence-electron chi connectivity index (χ4n) is 3.95. The summed E-state index contributed by atoms with van der Waals surface area (Å²) in [6.45, 7) is -0.196. The Balaban J connectivity index is 1.49. The van der Waals surface area contributed by atoms with Crippen LogP contribution in [0.2, 0.25) is 0 Å². The molecule has 1 unspecified atom stereocenters. The van der Waals surface area contributed by atoms with E-state index in [0.717, 1.165) is 10.9 Å². The molecule has 0 amide bonds. The fraction of sp³-hybridized carbons (Fsp3) is 0.579. The highest BCUT2D eigenvalue weighted by molar-refractivity contribution is 5.82. The summed E-state index contributed by atoms with van der Waals surface area (Å²) in [5.74, 6) is 1.32. The van der Waals surface area contributed by atoms with Crippen LogP contribution in [0.4, 0.5) is 0 Å². The van der Waals surface area contributed by atoms with Crippen LogP contribution in [0.25, 0.3) is 10.9 Å². The van der Waals surface area contributed by atoms with Crippen LogP contribution in [0.5, 0.6) is 5.88 Å². The first-order valence-corrected chi connectivity index (χ1v) is 8.96. The van der Waals surface area contributed by atoms with Gasteiger partial charge in [0.15, 0.2) is 5.88 Å². The summed E-state index contributed by atoms with van der Waals surface area (Å²) in [5, 5.41) is 20.1. The van der Waals surface area contributed by atoms with E-state index in [9.17, 15) is 5.11 Å². The molecule has 4 rings (SSSR count). The number of ether oxygens (including phenoxy) is 2. The molecule has 2 aliphatic rings. The van der Waals surface area contributed by atoms with Gasteiger partial charge in [0.1, 0.15) is 6.10 Å². The minimum absolute atomic E-state index is 0.196. The van der Waals surface area contributed by atoms with Gasteiger partial charge >= 0.3 is 0 Å². The van der Waals surface area contributed by atoms with Crippen LogP contribution in [0, 0.1) is 0 Å². The van der Waals surface area contributed by atoms with Gasteiger partial charge in [0, 0.05) is 23.4 Å². The zero-order chi connectivity index (χ0) is 16.5. The van der Waals surface area contributed by atoms with Gasteiger partial charge in [0.05, 0.1) is 12.7 Å². The molecule has 0 spiro atoms. The van der Waals surface area contributed by atoms with Crippen LogP contribution in [0.1, 0.15) is 50.0 Å². The van der Waals surface area contributed by atoms with Crippen molar-refractivity contribution in [3.8, 4) is 5.88 Å². The third-order valence-electron chi connectivity index (χ3n) is 5.32. The van der Waals surface area contributed by atoms with Crippen molar-refractivity contribution in [1.82, 2.24) is 4.98 Å². The summed E-state index contributed by atoms with van der Waals surface area (Å²) in [6, 6.07) is 8.59. The standard InChI is InChI=1S/C19H25NO4/c21-11-17-16(22)10-19(23-17)24-18-9-14-8-13(6-7-15(14)20-18)12-4-2-1-3-5-12/h6-9,12,16-17,19-22H,1-5,10-11H2/t16-,17+,19?/m0/s1. The van der Waals surface area contributed by atoms with Gasteiger partial charge in [-0.05, 0) is 36.5 Å². The minimum Gasteiger partial charge on any atom is -0.450 e. The largest absolute Gasteiger partial charge is 0.450 e. The van der Waals surface area contributed by atoms with Crippen molar-refractivity contribution in [2.75, 3.05) is 6.61 Å². The van der Waals surface area contributed by atoms with E-state index in [-0.39, 0.29) is 6.61 Å². The predicted octanol–water partition coefficient (Wildman–Crippen LogP) is 3.06. The highest BCUT2D eigenvalue weighted by atomic mass is 16.7. The average molecular weight is 331 g/mol. The predicted molar refractivity (Wildman–Crippen MR) is 91.1 cm³/mol. The maximum atomic E-state index is 9.78. The summed E-state index contributed by atoms with van der Waals surface area (Å²) in [5.41, 5.74) is 2.46. The maximum Gasteiger partial charge on any atom is 0.204 e. The number of aliphatic hydroxyl groups is 2. The van der Waals surface area contributed by atoms with Gasteiger partial charge in [-0.2, -0.15) is 0 Å². The Morgan fingerprint density at radius 3 is 2.75 bits per heavy atom. The van der Waals surface area contributed by atoms with Crippen LogP contribution in [-0.2, 0) is 4.74 Å². The molecule has 2 heterocycles. The van der Waals surface area contributed by atoms with Gasteiger partial charge < -0.3 is 24.7 Å². The Labute approximate surface area is 141 Å². The van der Waals surface area contributed by atoms with Crippen LogP contribution in [0.3, 0.4) is 0 Å². The third-order valence-corrected chi connectivity index (χ3v) is 5.32. The molecular weight excluding hydrogens is 306 g/mol. The number of hydrogen-bond acceptors (Lipinski definition) is 4. The van der Waals surface area contributed by atoms with E-state index in [1.807, 2.05) is 6.07 Å². The number of benzene rings is 1. The van der Waals surface area contributed by atoms with Crippen molar-refractivity contribution in [3.05, 3.63) is 29.8 Å². The first-order valence-electron chi connectivity index (χ1n) is 8.96. The SMILES string of the molecule is OC[C@H]1OC(Oc2cc3cc(C4CCCCC4)ccc3[nH]2)C[C@@H]1O. The molecule has 2 fully saturated rings. The van der Waals surface area contributed by atoms with Gasteiger partial charge in [-0.1, -0.05) is 25.3 Å². The second-order valence-corrected chi connectivity index (χ2v) is 7.02. The molecule has 1 aromatic heterocycles. The van der Waals surface area contributed by atoms with Crippen LogP contribution < -0.4 is 4.74 Å². The smallest absolute Gasteiger partial charge is 0.204 e.